The molecule has 1 saturated heterocycles. The predicted octanol–water partition coefficient (Wildman–Crippen LogP) is 2.85. The molecular weight excluding hydrogens is 208 g/mol. The Bertz CT molecular complexity index is 345. The zero-order valence-electron chi connectivity index (χ0n) is 9.55. The van der Waals surface area contributed by atoms with E-state index in [1.807, 2.05) is 0 Å². The van der Waals surface area contributed by atoms with Gasteiger partial charge in [-0.1, -0.05) is 0 Å². The molecule has 1 aromatic rings. The van der Waals surface area contributed by atoms with Crippen LogP contribution >= 0.6 is 0 Å². The standard InChI is InChI=1S/C13H17F2N/c1-16-4-2-3-10(9-16)5-11-6-12(14)8-13(15)7-11/h6-8,10H,2-5,9H2,1H3/t10-/m0/s1. The summed E-state index contributed by atoms with van der Waals surface area (Å²) in [4.78, 5) is 2.28. The third kappa shape index (κ3) is 3.01. The van der Waals surface area contributed by atoms with Crippen molar-refractivity contribution in [3.05, 3.63) is 35.4 Å². The molecule has 1 heterocycles. The number of likely N-dealkylation sites (tertiary alicyclic amines) is 1. The van der Waals surface area contributed by atoms with Gasteiger partial charge in [0.15, 0.2) is 0 Å². The van der Waals surface area contributed by atoms with Gasteiger partial charge >= 0.3 is 0 Å². The van der Waals surface area contributed by atoms with Crippen molar-refractivity contribution in [2.24, 2.45) is 5.92 Å². The Labute approximate surface area is 95.1 Å². The maximum atomic E-state index is 13.0. The predicted molar refractivity (Wildman–Crippen MR) is 60.3 cm³/mol. The van der Waals surface area contributed by atoms with Crippen LogP contribution < -0.4 is 0 Å². The van der Waals surface area contributed by atoms with Crippen molar-refractivity contribution < 1.29 is 8.78 Å². The van der Waals surface area contributed by atoms with Gasteiger partial charge in [-0.05, 0) is 56.5 Å². The first-order chi connectivity index (χ1) is 7.63. The number of rotatable bonds is 2. The highest BCUT2D eigenvalue weighted by Crippen LogP contribution is 2.20. The molecule has 0 aromatic heterocycles. The highest BCUT2D eigenvalue weighted by molar-refractivity contribution is 5.18. The number of halogens is 2. The molecule has 0 radical (unpaired) electrons. The first-order valence-corrected chi connectivity index (χ1v) is 5.77. The number of piperidine rings is 1. The average molecular weight is 225 g/mol. The molecule has 1 aliphatic heterocycles. The van der Waals surface area contributed by atoms with E-state index in [4.69, 9.17) is 0 Å². The lowest BCUT2D eigenvalue weighted by molar-refractivity contribution is 0.209. The number of benzene rings is 1. The van der Waals surface area contributed by atoms with Crippen molar-refractivity contribution in [2.75, 3.05) is 20.1 Å². The molecule has 1 aromatic carbocycles. The first-order valence-electron chi connectivity index (χ1n) is 5.77. The third-order valence-corrected chi connectivity index (χ3v) is 3.17. The van der Waals surface area contributed by atoms with Crippen LogP contribution in [0.25, 0.3) is 0 Å². The third-order valence-electron chi connectivity index (χ3n) is 3.17. The van der Waals surface area contributed by atoms with E-state index in [-0.39, 0.29) is 0 Å². The number of hydrogen-bond acceptors (Lipinski definition) is 1. The van der Waals surface area contributed by atoms with Crippen LogP contribution in [0.5, 0.6) is 0 Å². The summed E-state index contributed by atoms with van der Waals surface area (Å²) in [6.07, 6.45) is 3.11. The van der Waals surface area contributed by atoms with Gasteiger partial charge in [0.2, 0.25) is 0 Å². The van der Waals surface area contributed by atoms with E-state index < -0.39 is 11.6 Å². The monoisotopic (exact) mass is 225 g/mol. The van der Waals surface area contributed by atoms with Crippen molar-refractivity contribution >= 4 is 0 Å². The van der Waals surface area contributed by atoms with Crippen LogP contribution in [0.3, 0.4) is 0 Å². The maximum absolute atomic E-state index is 13.0. The van der Waals surface area contributed by atoms with E-state index in [1.165, 1.54) is 18.6 Å². The number of hydrogen-bond donors (Lipinski definition) is 0. The molecule has 88 valence electrons. The fourth-order valence-corrected chi connectivity index (χ4v) is 2.50. The summed E-state index contributed by atoms with van der Waals surface area (Å²) in [5.41, 5.74) is 0.776. The van der Waals surface area contributed by atoms with Gasteiger partial charge in [0.1, 0.15) is 11.6 Å². The Balaban J connectivity index is 2.02. The van der Waals surface area contributed by atoms with Crippen LogP contribution in [0.15, 0.2) is 18.2 Å². The summed E-state index contributed by atoms with van der Waals surface area (Å²) in [6.45, 7) is 2.16. The molecule has 0 bridgehead atoms. The summed E-state index contributed by atoms with van der Waals surface area (Å²) in [5, 5.41) is 0. The summed E-state index contributed by atoms with van der Waals surface area (Å²) >= 11 is 0. The van der Waals surface area contributed by atoms with Gasteiger partial charge in [-0.15, -0.1) is 0 Å². The van der Waals surface area contributed by atoms with E-state index in [2.05, 4.69) is 11.9 Å². The van der Waals surface area contributed by atoms with Crippen molar-refractivity contribution in [1.82, 2.24) is 4.90 Å². The minimum Gasteiger partial charge on any atom is -0.306 e. The van der Waals surface area contributed by atoms with E-state index >= 15 is 0 Å². The van der Waals surface area contributed by atoms with Crippen LogP contribution in [-0.4, -0.2) is 25.0 Å². The average Bonchev–Trinajstić information content (AvgIpc) is 2.15. The second-order valence-corrected chi connectivity index (χ2v) is 4.75. The lowest BCUT2D eigenvalue weighted by atomic mass is 9.91. The minimum atomic E-state index is -0.473. The SMILES string of the molecule is CN1CCC[C@@H](Cc2cc(F)cc(F)c2)C1. The topological polar surface area (TPSA) is 3.24 Å². The van der Waals surface area contributed by atoms with Crippen LogP contribution in [0.1, 0.15) is 18.4 Å². The lowest BCUT2D eigenvalue weighted by Crippen LogP contribution is -2.33. The van der Waals surface area contributed by atoms with Crippen LogP contribution in [0.2, 0.25) is 0 Å². The maximum Gasteiger partial charge on any atom is 0.126 e. The normalized spacial score (nSPS) is 22.3. The molecule has 1 atom stereocenters. The Kier molecular flexibility index (Phi) is 3.54. The molecule has 0 amide bonds. The largest absolute Gasteiger partial charge is 0.306 e. The highest BCUT2D eigenvalue weighted by atomic mass is 19.1. The van der Waals surface area contributed by atoms with Gasteiger partial charge in [0, 0.05) is 12.6 Å². The minimum absolute atomic E-state index is 0.473. The van der Waals surface area contributed by atoms with Crippen LogP contribution in [0.4, 0.5) is 8.78 Å². The molecule has 1 fully saturated rings. The summed E-state index contributed by atoms with van der Waals surface area (Å²) < 4.78 is 26.0. The molecular formula is C13H17F2N. The van der Waals surface area contributed by atoms with E-state index in [9.17, 15) is 8.78 Å². The van der Waals surface area contributed by atoms with Gasteiger partial charge in [-0.25, -0.2) is 8.78 Å². The van der Waals surface area contributed by atoms with Gasteiger partial charge in [-0.3, -0.25) is 0 Å². The highest BCUT2D eigenvalue weighted by Gasteiger charge is 2.17. The van der Waals surface area contributed by atoms with Crippen molar-refractivity contribution in [2.45, 2.75) is 19.3 Å². The molecule has 2 rings (SSSR count). The zero-order valence-corrected chi connectivity index (χ0v) is 9.55. The summed E-state index contributed by atoms with van der Waals surface area (Å²) in [6, 6.07) is 3.81. The van der Waals surface area contributed by atoms with Gasteiger partial charge in [-0.2, -0.15) is 0 Å². The Morgan fingerprint density at radius 1 is 1.25 bits per heavy atom. The lowest BCUT2D eigenvalue weighted by Gasteiger charge is -2.29. The molecule has 0 saturated carbocycles. The second kappa shape index (κ2) is 4.91. The Hall–Kier alpha value is -0.960. The smallest absolute Gasteiger partial charge is 0.126 e. The molecule has 1 aliphatic rings. The molecule has 0 aliphatic carbocycles. The fraction of sp³-hybridized carbons (Fsp3) is 0.538. The van der Waals surface area contributed by atoms with Crippen molar-refractivity contribution in [3.8, 4) is 0 Å². The van der Waals surface area contributed by atoms with Gasteiger partial charge in [0.05, 0.1) is 0 Å². The summed E-state index contributed by atoms with van der Waals surface area (Å²) in [5.74, 6) is -0.418. The fourth-order valence-electron chi connectivity index (χ4n) is 2.50. The number of nitrogens with zero attached hydrogens (tertiary/aromatic N) is 1. The van der Waals surface area contributed by atoms with Crippen molar-refractivity contribution in [3.63, 3.8) is 0 Å². The summed E-state index contributed by atoms with van der Waals surface area (Å²) in [7, 11) is 2.10. The van der Waals surface area contributed by atoms with E-state index in [1.54, 1.807) is 0 Å². The Morgan fingerprint density at radius 3 is 2.56 bits per heavy atom. The molecule has 1 nitrogen and oxygen atoms in total. The second-order valence-electron chi connectivity index (χ2n) is 4.75. The zero-order chi connectivity index (χ0) is 11.5. The van der Waals surface area contributed by atoms with Crippen molar-refractivity contribution in [1.29, 1.82) is 0 Å². The molecule has 3 heteroatoms. The molecule has 0 spiro atoms. The van der Waals surface area contributed by atoms with Gasteiger partial charge < -0.3 is 4.90 Å². The van der Waals surface area contributed by atoms with E-state index in [0.29, 0.717) is 5.92 Å². The Morgan fingerprint density at radius 2 is 1.94 bits per heavy atom. The molecule has 0 N–H and O–H groups in total. The van der Waals surface area contributed by atoms with Crippen LogP contribution in [-0.2, 0) is 6.42 Å². The first kappa shape index (κ1) is 11.5. The van der Waals surface area contributed by atoms with Gasteiger partial charge in [0.25, 0.3) is 0 Å². The quantitative estimate of drug-likeness (QED) is 0.748. The van der Waals surface area contributed by atoms with E-state index in [0.717, 1.165) is 37.6 Å². The molecule has 16 heavy (non-hydrogen) atoms. The molecule has 0 unspecified atom stereocenters. The van der Waals surface area contributed by atoms with Crippen LogP contribution in [0, 0.1) is 17.6 Å².